The minimum Gasteiger partial charge on any atom is -0.256 e. The number of hydrogen-bond acceptors (Lipinski definition) is 5. The van der Waals surface area contributed by atoms with Crippen LogP contribution in [0.15, 0.2) is 73.1 Å². The molecule has 5 aromatic rings. The van der Waals surface area contributed by atoms with Gasteiger partial charge in [-0.15, -0.1) is 11.3 Å². The van der Waals surface area contributed by atoms with Gasteiger partial charge in [0.25, 0.3) is 0 Å². The maximum absolute atomic E-state index is 9.13. The highest BCUT2D eigenvalue weighted by Crippen LogP contribution is 2.38. The zero-order chi connectivity index (χ0) is 19.8. The summed E-state index contributed by atoms with van der Waals surface area (Å²) in [6.07, 6.45) is 3.33. The van der Waals surface area contributed by atoms with Crippen LogP contribution in [0, 0.1) is 22.7 Å². The third-order valence-electron chi connectivity index (χ3n) is 4.84. The van der Waals surface area contributed by atoms with Crippen molar-refractivity contribution < 1.29 is 0 Å². The lowest BCUT2D eigenvalue weighted by Crippen LogP contribution is -1.85. The van der Waals surface area contributed by atoms with Gasteiger partial charge < -0.3 is 0 Å². The molecule has 0 unspecified atom stereocenters. The summed E-state index contributed by atoms with van der Waals surface area (Å²) >= 11 is 1.71. The zero-order valence-corrected chi connectivity index (χ0v) is 15.9. The smallest absolute Gasteiger partial charge is 0.0992 e. The molecule has 5 heteroatoms. The first-order chi connectivity index (χ1) is 14.2. The van der Waals surface area contributed by atoms with Gasteiger partial charge in [0.1, 0.15) is 0 Å². The Hall–Kier alpha value is -4.06. The van der Waals surface area contributed by atoms with Crippen LogP contribution in [0.4, 0.5) is 0 Å². The quantitative estimate of drug-likeness (QED) is 0.376. The largest absolute Gasteiger partial charge is 0.256 e. The first kappa shape index (κ1) is 17.1. The Bertz CT molecular complexity index is 1370. The summed E-state index contributed by atoms with van der Waals surface area (Å²) in [6.45, 7) is 0. The Morgan fingerprint density at radius 1 is 0.621 bits per heavy atom. The van der Waals surface area contributed by atoms with Crippen molar-refractivity contribution in [3.8, 4) is 34.7 Å². The van der Waals surface area contributed by atoms with Gasteiger partial charge in [-0.05, 0) is 36.4 Å². The van der Waals surface area contributed by atoms with Crippen LogP contribution in [0.5, 0.6) is 0 Å². The van der Waals surface area contributed by atoms with Gasteiger partial charge in [-0.2, -0.15) is 10.5 Å². The topological polar surface area (TPSA) is 73.4 Å². The van der Waals surface area contributed by atoms with Gasteiger partial charge in [-0.3, -0.25) is 9.97 Å². The lowest BCUT2D eigenvalue weighted by Gasteiger charge is -2.02. The molecule has 0 radical (unpaired) electrons. The molecule has 134 valence electrons. The van der Waals surface area contributed by atoms with Crippen molar-refractivity contribution in [2.75, 3.05) is 0 Å². The average Bonchev–Trinajstić information content (AvgIpc) is 3.16. The molecule has 3 aromatic heterocycles. The average molecular weight is 388 g/mol. The molecule has 0 saturated heterocycles. The third kappa shape index (κ3) is 3.00. The van der Waals surface area contributed by atoms with E-state index in [1.54, 1.807) is 48.0 Å². The Morgan fingerprint density at radius 2 is 1.10 bits per heavy atom. The molecule has 0 aliphatic rings. The second kappa shape index (κ2) is 6.83. The lowest BCUT2D eigenvalue weighted by atomic mass is 10.0. The molecule has 0 fully saturated rings. The molecule has 0 aliphatic carbocycles. The normalized spacial score (nSPS) is 10.7. The molecule has 0 aliphatic heterocycles. The number of fused-ring (bicyclic) bond motifs is 3. The fraction of sp³-hybridized carbons (Fsp3) is 0. The number of nitrogens with zero attached hydrogens (tertiary/aromatic N) is 4. The van der Waals surface area contributed by atoms with Gasteiger partial charge in [0, 0.05) is 43.7 Å². The van der Waals surface area contributed by atoms with Crippen LogP contribution in [0.1, 0.15) is 11.1 Å². The molecule has 0 bridgehead atoms. The van der Waals surface area contributed by atoms with Gasteiger partial charge in [0.05, 0.1) is 34.7 Å². The molecule has 4 nitrogen and oxygen atoms in total. The van der Waals surface area contributed by atoms with E-state index in [-0.39, 0.29) is 0 Å². The van der Waals surface area contributed by atoms with Crippen LogP contribution in [0.3, 0.4) is 0 Å². The number of thiophene rings is 1. The van der Waals surface area contributed by atoms with Crippen LogP contribution < -0.4 is 0 Å². The van der Waals surface area contributed by atoms with Crippen molar-refractivity contribution in [1.29, 1.82) is 10.5 Å². The van der Waals surface area contributed by atoms with Crippen LogP contribution in [0.25, 0.3) is 42.7 Å². The van der Waals surface area contributed by atoms with Crippen molar-refractivity contribution in [2.24, 2.45) is 0 Å². The number of rotatable bonds is 2. The molecule has 0 spiro atoms. The number of nitriles is 2. The van der Waals surface area contributed by atoms with Crippen molar-refractivity contribution >= 4 is 31.5 Å². The molecular formula is C24H12N4S. The van der Waals surface area contributed by atoms with E-state index >= 15 is 0 Å². The van der Waals surface area contributed by atoms with Crippen molar-refractivity contribution in [1.82, 2.24) is 9.97 Å². The van der Waals surface area contributed by atoms with Crippen molar-refractivity contribution in [3.63, 3.8) is 0 Å². The van der Waals surface area contributed by atoms with Gasteiger partial charge in [-0.1, -0.05) is 24.3 Å². The van der Waals surface area contributed by atoms with E-state index in [0.29, 0.717) is 11.1 Å². The fourth-order valence-electron chi connectivity index (χ4n) is 3.41. The van der Waals surface area contributed by atoms with E-state index in [1.807, 2.05) is 12.1 Å². The van der Waals surface area contributed by atoms with Crippen LogP contribution in [-0.4, -0.2) is 9.97 Å². The number of benzene rings is 2. The van der Waals surface area contributed by atoms with Gasteiger partial charge in [0.15, 0.2) is 0 Å². The van der Waals surface area contributed by atoms with E-state index in [9.17, 15) is 0 Å². The fourth-order valence-corrected chi connectivity index (χ4v) is 4.60. The van der Waals surface area contributed by atoms with E-state index in [2.05, 4.69) is 46.4 Å². The summed E-state index contributed by atoms with van der Waals surface area (Å²) in [6, 6.07) is 23.9. The second-order valence-corrected chi connectivity index (χ2v) is 7.69. The molecule has 3 heterocycles. The number of aromatic nitrogens is 2. The maximum Gasteiger partial charge on any atom is 0.0992 e. The molecular weight excluding hydrogens is 376 g/mol. The van der Waals surface area contributed by atoms with Crippen LogP contribution in [0.2, 0.25) is 0 Å². The minimum absolute atomic E-state index is 0.600. The summed E-state index contributed by atoms with van der Waals surface area (Å²) < 4.78 is 2.33. The highest BCUT2D eigenvalue weighted by molar-refractivity contribution is 7.25. The van der Waals surface area contributed by atoms with Crippen LogP contribution in [-0.2, 0) is 0 Å². The molecule has 0 atom stereocenters. The highest BCUT2D eigenvalue weighted by atomic mass is 32.1. The van der Waals surface area contributed by atoms with E-state index < -0.39 is 0 Å². The highest BCUT2D eigenvalue weighted by Gasteiger charge is 2.10. The number of pyridine rings is 2. The monoisotopic (exact) mass is 388 g/mol. The first-order valence-corrected chi connectivity index (χ1v) is 9.76. The van der Waals surface area contributed by atoms with Crippen molar-refractivity contribution in [3.05, 3.63) is 84.2 Å². The Morgan fingerprint density at radius 3 is 1.55 bits per heavy atom. The summed E-state index contributed by atoms with van der Waals surface area (Å²) in [7, 11) is 0. The van der Waals surface area contributed by atoms with Gasteiger partial charge >= 0.3 is 0 Å². The Kier molecular flexibility index (Phi) is 4.02. The Labute approximate surface area is 171 Å². The summed E-state index contributed by atoms with van der Waals surface area (Å²) in [5.41, 5.74) is 4.77. The summed E-state index contributed by atoms with van der Waals surface area (Å²) in [5.74, 6) is 0. The van der Waals surface area contributed by atoms with E-state index in [0.717, 1.165) is 31.9 Å². The standard InChI is InChI=1S/C24H12N4S/c25-13-15-5-7-27-21(9-15)17-1-3-19-20-4-2-18(12-24(20)29-23(19)11-17)22-10-16(14-26)6-8-28-22/h1-12H. The number of hydrogen-bond donors (Lipinski definition) is 0. The first-order valence-electron chi connectivity index (χ1n) is 8.94. The minimum atomic E-state index is 0.600. The summed E-state index contributed by atoms with van der Waals surface area (Å²) in [5, 5.41) is 20.6. The maximum atomic E-state index is 9.13. The molecule has 29 heavy (non-hydrogen) atoms. The Balaban J connectivity index is 1.63. The summed E-state index contributed by atoms with van der Waals surface area (Å²) in [4.78, 5) is 8.81. The van der Waals surface area contributed by atoms with Gasteiger partial charge in [-0.25, -0.2) is 0 Å². The predicted octanol–water partition coefficient (Wildman–Crippen LogP) is 5.92. The lowest BCUT2D eigenvalue weighted by molar-refractivity contribution is 1.31. The molecule has 5 rings (SSSR count). The molecule has 0 amide bonds. The molecule has 0 N–H and O–H groups in total. The van der Waals surface area contributed by atoms with Crippen LogP contribution >= 0.6 is 11.3 Å². The SMILES string of the molecule is N#Cc1ccnc(-c2ccc3c(c2)sc2cc(-c4cc(C#N)ccn4)ccc23)c1. The second-order valence-electron chi connectivity index (χ2n) is 6.61. The van der Waals surface area contributed by atoms with Crippen molar-refractivity contribution in [2.45, 2.75) is 0 Å². The van der Waals surface area contributed by atoms with Gasteiger partial charge in [0.2, 0.25) is 0 Å². The molecule has 2 aromatic carbocycles. The van der Waals surface area contributed by atoms with E-state index in [1.165, 1.54) is 10.8 Å². The molecule has 0 saturated carbocycles. The van der Waals surface area contributed by atoms with E-state index in [4.69, 9.17) is 10.5 Å². The predicted molar refractivity (Wildman–Crippen MR) is 115 cm³/mol. The third-order valence-corrected chi connectivity index (χ3v) is 5.96. The zero-order valence-electron chi connectivity index (χ0n) is 15.1.